The summed E-state index contributed by atoms with van der Waals surface area (Å²) in [4.78, 5) is 25.1. The van der Waals surface area contributed by atoms with E-state index in [4.69, 9.17) is 5.21 Å². The molecule has 0 aromatic heterocycles. The number of amides is 1. The lowest BCUT2D eigenvalue weighted by Crippen LogP contribution is -2.32. The molecule has 1 unspecified atom stereocenters. The molecule has 1 heterocycles. The van der Waals surface area contributed by atoms with Crippen LogP contribution in [0.15, 0.2) is 48.5 Å². The van der Waals surface area contributed by atoms with E-state index in [1.165, 1.54) is 5.01 Å². The van der Waals surface area contributed by atoms with Crippen LogP contribution >= 0.6 is 0 Å². The minimum atomic E-state index is -0.534. The number of anilines is 1. The van der Waals surface area contributed by atoms with E-state index in [-0.39, 0.29) is 6.42 Å². The molecule has 1 aliphatic heterocycles. The lowest BCUT2D eigenvalue weighted by atomic mass is 10.0. The number of nitrogens with zero attached hydrogens (tertiary/aromatic N) is 2. The maximum absolute atomic E-state index is 12.6. The summed E-state index contributed by atoms with van der Waals surface area (Å²) in [5, 5.41) is 10.3. The zero-order chi connectivity index (χ0) is 15.7. The van der Waals surface area contributed by atoms with Gasteiger partial charge in [0.05, 0.1) is 16.9 Å². The number of fused-ring (bicyclic) bond motifs is 1. The number of nitroso groups, excluding NO2 is 1. The molecule has 2 aromatic rings. The number of hydroxylamine groups is 1. The van der Waals surface area contributed by atoms with Crippen LogP contribution in [0.4, 0.5) is 11.4 Å². The van der Waals surface area contributed by atoms with Crippen molar-refractivity contribution in [3.63, 3.8) is 0 Å². The molecule has 0 saturated heterocycles. The van der Waals surface area contributed by atoms with E-state index < -0.39 is 11.9 Å². The van der Waals surface area contributed by atoms with Crippen LogP contribution in [-0.4, -0.2) is 16.0 Å². The van der Waals surface area contributed by atoms with Crippen molar-refractivity contribution >= 4 is 17.3 Å². The highest BCUT2D eigenvalue weighted by atomic mass is 16.5. The van der Waals surface area contributed by atoms with Crippen molar-refractivity contribution in [3.05, 3.63) is 64.6 Å². The first-order valence-corrected chi connectivity index (χ1v) is 6.96. The Labute approximate surface area is 127 Å². The summed E-state index contributed by atoms with van der Waals surface area (Å²) in [6.45, 7) is 1.93. The Hall–Kier alpha value is -2.73. The number of hydrogen-bond acceptors (Lipinski definition) is 3. The molecular weight excluding hydrogens is 282 g/mol. The molecule has 6 heteroatoms. The fraction of sp³-hybridized carbons (Fsp3) is 0.188. The number of aryl methyl sites for hydroxylation is 1. The van der Waals surface area contributed by atoms with Crippen LogP contribution < -0.4 is 10.5 Å². The molecule has 2 aromatic carbocycles. The van der Waals surface area contributed by atoms with E-state index >= 15 is 0 Å². The van der Waals surface area contributed by atoms with Gasteiger partial charge in [0.25, 0.3) is 5.69 Å². The van der Waals surface area contributed by atoms with Gasteiger partial charge in [-0.05, 0) is 25.1 Å². The molecule has 0 spiro atoms. The molecular formula is C16H16N3O3+. The summed E-state index contributed by atoms with van der Waals surface area (Å²) in [5.41, 5.74) is 4.64. The summed E-state index contributed by atoms with van der Waals surface area (Å²) in [5.74, 6) is -0.534. The van der Waals surface area contributed by atoms with Crippen molar-refractivity contribution in [3.8, 4) is 0 Å². The van der Waals surface area contributed by atoms with E-state index in [2.05, 4.69) is 0 Å². The minimum absolute atomic E-state index is 0.0133. The number of nitrogens with one attached hydrogen (secondary N) is 1. The van der Waals surface area contributed by atoms with Gasteiger partial charge in [0, 0.05) is 6.07 Å². The lowest BCUT2D eigenvalue weighted by Gasteiger charge is -2.16. The van der Waals surface area contributed by atoms with Crippen molar-refractivity contribution in [2.24, 2.45) is 0 Å². The van der Waals surface area contributed by atoms with E-state index in [1.807, 2.05) is 49.4 Å². The summed E-state index contributed by atoms with van der Waals surface area (Å²) in [6, 6.07) is 14.2. The second-order valence-corrected chi connectivity index (χ2v) is 5.27. The average molecular weight is 298 g/mol. The van der Waals surface area contributed by atoms with Crippen LogP contribution in [0.2, 0.25) is 0 Å². The highest BCUT2D eigenvalue weighted by Crippen LogP contribution is 2.43. The number of carbonyl (C=O) groups is 1. The second kappa shape index (κ2) is 5.57. The maximum atomic E-state index is 12.6. The molecule has 0 fully saturated rings. The zero-order valence-electron chi connectivity index (χ0n) is 12.1. The minimum Gasteiger partial charge on any atom is -0.289 e. The predicted octanol–water partition coefficient (Wildman–Crippen LogP) is 2.78. The van der Waals surface area contributed by atoms with Gasteiger partial charge < -0.3 is 0 Å². The molecule has 22 heavy (non-hydrogen) atoms. The fourth-order valence-electron chi connectivity index (χ4n) is 2.77. The Bertz CT molecular complexity index is 731. The summed E-state index contributed by atoms with van der Waals surface area (Å²) in [7, 11) is 0. The summed E-state index contributed by atoms with van der Waals surface area (Å²) < 4.78 is 0. The highest BCUT2D eigenvalue weighted by molar-refractivity contribution is 5.77. The molecule has 112 valence electrons. The topological polar surface area (TPSA) is 72.7 Å². The number of hydrazine groups is 1. The van der Waals surface area contributed by atoms with Gasteiger partial charge >= 0.3 is 0 Å². The van der Waals surface area contributed by atoms with Gasteiger partial charge in [0.1, 0.15) is 11.7 Å². The Morgan fingerprint density at radius 1 is 1.27 bits per heavy atom. The Morgan fingerprint density at radius 3 is 2.68 bits per heavy atom. The molecule has 1 amide bonds. The average Bonchev–Trinajstić information content (AvgIpc) is 2.80. The molecule has 0 aliphatic carbocycles. The summed E-state index contributed by atoms with van der Waals surface area (Å²) in [6.07, 6.45) is -0.0133. The number of hydrogen-bond donors (Lipinski definition) is 2. The quantitative estimate of drug-likeness (QED) is 0.519. The molecule has 0 radical (unpaired) electrons. The third-order valence-electron chi connectivity index (χ3n) is 3.76. The third-order valence-corrected chi connectivity index (χ3v) is 3.76. The number of para-hydroxylation sites is 1. The fourth-order valence-corrected chi connectivity index (χ4v) is 2.77. The zero-order valence-corrected chi connectivity index (χ0v) is 12.1. The molecule has 1 atom stereocenters. The second-order valence-electron chi connectivity index (χ2n) is 5.27. The Balaban J connectivity index is 2.09. The van der Waals surface area contributed by atoms with Crippen LogP contribution in [0.5, 0.6) is 0 Å². The molecule has 3 rings (SSSR count). The number of benzene rings is 2. The first-order chi connectivity index (χ1) is 10.6. The highest BCUT2D eigenvalue weighted by Gasteiger charge is 2.46. The largest absolute Gasteiger partial charge is 0.298 e. The van der Waals surface area contributed by atoms with Crippen molar-refractivity contribution < 1.29 is 14.9 Å². The van der Waals surface area contributed by atoms with E-state index in [9.17, 15) is 9.70 Å². The predicted molar refractivity (Wildman–Crippen MR) is 80.7 cm³/mol. The van der Waals surface area contributed by atoms with Crippen molar-refractivity contribution in [2.75, 3.05) is 5.01 Å². The number of carbonyl (C=O) groups excluding carboxylic acids is 1. The molecule has 6 nitrogen and oxygen atoms in total. The van der Waals surface area contributed by atoms with Crippen LogP contribution in [0.3, 0.4) is 0 Å². The number of rotatable bonds is 3. The first-order valence-electron chi connectivity index (χ1n) is 6.96. The van der Waals surface area contributed by atoms with Gasteiger partial charge in [-0.2, -0.15) is 0 Å². The molecule has 0 saturated carbocycles. The van der Waals surface area contributed by atoms with Gasteiger partial charge in [-0.1, -0.05) is 34.8 Å². The van der Waals surface area contributed by atoms with E-state index in [1.54, 1.807) is 11.5 Å². The summed E-state index contributed by atoms with van der Waals surface area (Å²) >= 11 is 0. The standard InChI is InChI=1S/C16H15N3O3/c1-11-7-8-14-13(9-11)15(10-16(20)17-21)18(19(14)22)12-5-3-2-4-6-12/h2-9,15H,10H2,1H3,(H-,17,20,21)/p+1. The van der Waals surface area contributed by atoms with Crippen LogP contribution in [0.25, 0.3) is 0 Å². The van der Waals surface area contributed by atoms with Gasteiger partial charge in [-0.15, -0.1) is 0 Å². The first kappa shape index (κ1) is 14.2. The lowest BCUT2D eigenvalue weighted by molar-refractivity contribution is -0.473. The monoisotopic (exact) mass is 298 g/mol. The third kappa shape index (κ3) is 2.33. The van der Waals surface area contributed by atoms with Crippen LogP contribution in [0, 0.1) is 11.8 Å². The molecule has 1 aliphatic rings. The SMILES string of the molecule is Cc1ccc2c(c1)C(CC(=O)NO)N(c1ccccc1)[N+]2=O. The Morgan fingerprint density at radius 2 is 2.00 bits per heavy atom. The Kier molecular flexibility index (Phi) is 3.60. The maximum Gasteiger partial charge on any atom is 0.298 e. The van der Waals surface area contributed by atoms with E-state index in [0.717, 1.165) is 16.0 Å². The van der Waals surface area contributed by atoms with Gasteiger partial charge in [-0.25, -0.2) is 5.48 Å². The van der Waals surface area contributed by atoms with Crippen LogP contribution in [-0.2, 0) is 4.79 Å². The molecule has 0 bridgehead atoms. The van der Waals surface area contributed by atoms with Crippen LogP contribution in [0.1, 0.15) is 23.6 Å². The van der Waals surface area contributed by atoms with Crippen molar-refractivity contribution in [2.45, 2.75) is 19.4 Å². The van der Waals surface area contributed by atoms with Gasteiger partial charge in [-0.3, -0.25) is 10.0 Å². The van der Waals surface area contributed by atoms with Gasteiger partial charge in [0.2, 0.25) is 5.91 Å². The normalized spacial score (nSPS) is 16.5. The molecule has 2 N–H and O–H groups in total. The van der Waals surface area contributed by atoms with Crippen molar-refractivity contribution in [1.29, 1.82) is 0 Å². The van der Waals surface area contributed by atoms with Gasteiger partial charge in [0.15, 0.2) is 4.87 Å². The smallest absolute Gasteiger partial charge is 0.289 e. The van der Waals surface area contributed by atoms with Crippen molar-refractivity contribution in [1.82, 2.24) is 5.48 Å². The van der Waals surface area contributed by atoms with E-state index in [0.29, 0.717) is 11.4 Å².